The Balaban J connectivity index is 1.82. The Bertz CT molecular complexity index is 984. The average molecular weight is 348 g/mol. The molecule has 1 N–H and O–H groups in total. The molecule has 0 aliphatic rings. The minimum atomic E-state index is -3.79. The van der Waals surface area contributed by atoms with Crippen LogP contribution in [-0.4, -0.2) is 18.9 Å². The highest BCUT2D eigenvalue weighted by molar-refractivity contribution is 7.92. The second-order valence-electron chi connectivity index (χ2n) is 5.35. The second-order valence-corrected chi connectivity index (χ2v) is 8.55. The predicted molar refractivity (Wildman–Crippen MR) is 91.0 cm³/mol. The van der Waals surface area contributed by atoms with Gasteiger partial charge in [-0.3, -0.25) is 4.79 Å². The van der Waals surface area contributed by atoms with Gasteiger partial charge in [-0.2, -0.15) is 0 Å². The molecular weight excluding hydrogens is 332 g/mol. The van der Waals surface area contributed by atoms with Gasteiger partial charge in [0.25, 0.3) is 10.0 Å². The zero-order valence-electron chi connectivity index (χ0n) is 12.7. The van der Waals surface area contributed by atoms with Crippen LogP contribution in [0.15, 0.2) is 46.8 Å². The molecule has 0 aliphatic heterocycles. The molecule has 0 saturated carbocycles. The predicted octanol–water partition coefficient (Wildman–Crippen LogP) is 2.60. The summed E-state index contributed by atoms with van der Waals surface area (Å²) in [6.07, 6.45) is 1.87. The fourth-order valence-corrected chi connectivity index (χ4v) is 4.80. The van der Waals surface area contributed by atoms with E-state index in [0.717, 1.165) is 32.7 Å². The van der Waals surface area contributed by atoms with E-state index in [9.17, 15) is 13.2 Å². The number of carbonyl (C=O) groups is 1. The molecule has 23 heavy (non-hydrogen) atoms. The smallest absolute Gasteiger partial charge is 0.273 e. The normalized spacial score (nSPS) is 11.7. The lowest BCUT2D eigenvalue weighted by molar-refractivity contribution is -0.118. The number of para-hydroxylation sites is 1. The lowest BCUT2D eigenvalue weighted by atomic mass is 10.1. The van der Waals surface area contributed by atoms with Crippen LogP contribution in [0.4, 0.5) is 0 Å². The third kappa shape index (κ3) is 3.16. The minimum absolute atomic E-state index is 0.0188. The highest BCUT2D eigenvalue weighted by Crippen LogP contribution is 2.22. The van der Waals surface area contributed by atoms with Crippen molar-refractivity contribution in [2.45, 2.75) is 17.6 Å². The maximum atomic E-state index is 12.2. The molecule has 0 saturated heterocycles. The van der Waals surface area contributed by atoms with Gasteiger partial charge in [-0.15, -0.1) is 11.3 Å². The van der Waals surface area contributed by atoms with Gasteiger partial charge in [0.05, 0.1) is 6.42 Å². The highest BCUT2D eigenvalue weighted by Gasteiger charge is 2.20. The van der Waals surface area contributed by atoms with Crippen LogP contribution in [0.2, 0.25) is 0 Å². The monoisotopic (exact) mass is 348 g/mol. The van der Waals surface area contributed by atoms with Crippen molar-refractivity contribution in [3.05, 3.63) is 53.0 Å². The van der Waals surface area contributed by atoms with Crippen molar-refractivity contribution in [2.24, 2.45) is 7.05 Å². The molecule has 0 aliphatic carbocycles. The van der Waals surface area contributed by atoms with Crippen molar-refractivity contribution < 1.29 is 13.2 Å². The van der Waals surface area contributed by atoms with Crippen LogP contribution in [0, 0.1) is 6.92 Å². The van der Waals surface area contributed by atoms with Crippen LogP contribution in [0.3, 0.4) is 0 Å². The van der Waals surface area contributed by atoms with Gasteiger partial charge < -0.3 is 4.57 Å². The summed E-state index contributed by atoms with van der Waals surface area (Å²) in [6, 6.07) is 10.9. The maximum Gasteiger partial charge on any atom is 0.273 e. The van der Waals surface area contributed by atoms with E-state index in [0.29, 0.717) is 0 Å². The van der Waals surface area contributed by atoms with Gasteiger partial charge in [0.15, 0.2) is 0 Å². The number of hydrogen-bond acceptors (Lipinski definition) is 4. The summed E-state index contributed by atoms with van der Waals surface area (Å²) in [5.41, 5.74) is 1.81. The Morgan fingerprint density at radius 1 is 1.22 bits per heavy atom. The molecule has 7 heteroatoms. The van der Waals surface area contributed by atoms with Crippen LogP contribution in [0.1, 0.15) is 10.4 Å². The van der Waals surface area contributed by atoms with Gasteiger partial charge >= 0.3 is 0 Å². The van der Waals surface area contributed by atoms with Crippen molar-refractivity contribution in [1.82, 2.24) is 9.29 Å². The van der Waals surface area contributed by atoms with Crippen molar-refractivity contribution in [2.75, 3.05) is 0 Å². The zero-order valence-corrected chi connectivity index (χ0v) is 14.4. The van der Waals surface area contributed by atoms with E-state index in [2.05, 4.69) is 4.72 Å². The summed E-state index contributed by atoms with van der Waals surface area (Å²) in [7, 11) is -1.90. The summed E-state index contributed by atoms with van der Waals surface area (Å²) in [4.78, 5) is 13.0. The van der Waals surface area contributed by atoms with E-state index >= 15 is 0 Å². The fraction of sp³-hybridized carbons (Fsp3) is 0.188. The first-order valence-electron chi connectivity index (χ1n) is 7.02. The lowest BCUT2D eigenvalue weighted by Gasteiger charge is -2.04. The van der Waals surface area contributed by atoms with E-state index in [4.69, 9.17) is 0 Å². The zero-order chi connectivity index (χ0) is 16.6. The first kappa shape index (κ1) is 15.8. The van der Waals surface area contributed by atoms with E-state index < -0.39 is 15.9 Å². The molecule has 0 radical (unpaired) electrons. The van der Waals surface area contributed by atoms with E-state index in [1.165, 1.54) is 6.07 Å². The van der Waals surface area contributed by atoms with Gasteiger partial charge in [0.2, 0.25) is 5.91 Å². The summed E-state index contributed by atoms with van der Waals surface area (Å²) in [6.45, 7) is 1.82. The largest absolute Gasteiger partial charge is 0.350 e. The molecule has 2 heterocycles. The van der Waals surface area contributed by atoms with Crippen LogP contribution >= 0.6 is 11.3 Å². The third-order valence-electron chi connectivity index (χ3n) is 3.56. The number of nitrogens with zero attached hydrogens (tertiary/aromatic N) is 1. The van der Waals surface area contributed by atoms with Crippen LogP contribution in [0.25, 0.3) is 10.9 Å². The molecule has 5 nitrogen and oxygen atoms in total. The first-order chi connectivity index (χ1) is 10.9. The first-order valence-corrected chi connectivity index (χ1v) is 9.32. The lowest BCUT2D eigenvalue weighted by Crippen LogP contribution is -2.31. The van der Waals surface area contributed by atoms with Crippen LogP contribution in [0.5, 0.6) is 0 Å². The van der Waals surface area contributed by atoms with E-state index in [-0.39, 0.29) is 10.6 Å². The Kier molecular flexibility index (Phi) is 3.99. The van der Waals surface area contributed by atoms with Gasteiger partial charge in [0, 0.05) is 29.0 Å². The van der Waals surface area contributed by atoms with Crippen LogP contribution in [-0.2, 0) is 28.3 Å². The minimum Gasteiger partial charge on any atom is -0.350 e. The number of fused-ring (bicyclic) bond motifs is 1. The van der Waals surface area contributed by atoms with Gasteiger partial charge in [0.1, 0.15) is 4.21 Å². The highest BCUT2D eigenvalue weighted by atomic mass is 32.2. The van der Waals surface area contributed by atoms with Crippen molar-refractivity contribution >= 4 is 38.2 Å². The number of aromatic nitrogens is 1. The number of benzene rings is 1. The molecular formula is C16H16N2O3S2. The number of thiophene rings is 1. The van der Waals surface area contributed by atoms with Crippen molar-refractivity contribution in [3.8, 4) is 0 Å². The quantitative estimate of drug-likeness (QED) is 0.788. The number of carbonyl (C=O) groups excluding carboxylic acids is 1. The van der Waals surface area contributed by atoms with Gasteiger partial charge in [-0.05, 0) is 30.7 Å². The Morgan fingerprint density at radius 3 is 2.65 bits per heavy atom. The molecule has 0 atom stereocenters. The molecule has 1 aromatic carbocycles. The number of amides is 1. The third-order valence-corrected chi connectivity index (χ3v) is 6.43. The summed E-state index contributed by atoms with van der Waals surface area (Å²) >= 11 is 1.14. The Labute approximate surface area is 138 Å². The average Bonchev–Trinajstić information content (AvgIpc) is 3.04. The molecule has 1 amide bonds. The molecule has 0 bridgehead atoms. The topological polar surface area (TPSA) is 68.2 Å². The summed E-state index contributed by atoms with van der Waals surface area (Å²) < 4.78 is 28.6. The molecule has 3 rings (SSSR count). The maximum absolute atomic E-state index is 12.2. The molecule has 0 spiro atoms. The molecule has 3 aromatic rings. The van der Waals surface area contributed by atoms with Crippen LogP contribution < -0.4 is 4.72 Å². The summed E-state index contributed by atoms with van der Waals surface area (Å²) in [5, 5.41) is 0.953. The number of aryl methyl sites for hydroxylation is 2. The molecule has 2 aromatic heterocycles. The van der Waals surface area contributed by atoms with Gasteiger partial charge in [-0.1, -0.05) is 18.2 Å². The van der Waals surface area contributed by atoms with Crippen molar-refractivity contribution in [3.63, 3.8) is 0 Å². The van der Waals surface area contributed by atoms with E-state index in [1.54, 1.807) is 6.07 Å². The van der Waals surface area contributed by atoms with E-state index in [1.807, 2.05) is 49.0 Å². The number of nitrogens with one attached hydrogen (secondary N) is 1. The van der Waals surface area contributed by atoms with Gasteiger partial charge in [-0.25, -0.2) is 13.1 Å². The fourth-order valence-electron chi connectivity index (χ4n) is 2.53. The Hall–Kier alpha value is -2.12. The number of rotatable bonds is 4. The summed E-state index contributed by atoms with van der Waals surface area (Å²) in [5.74, 6) is -0.535. The SMILES string of the molecule is Cc1ccc(S(=O)(=O)NC(=O)Cc2cn(C)c3ccccc23)s1. The molecule has 120 valence electrons. The number of sulfonamides is 1. The standard InChI is InChI=1S/C16H16N2O3S2/c1-11-7-8-16(22-11)23(20,21)17-15(19)9-12-10-18(2)14-6-4-3-5-13(12)14/h3-8,10H,9H2,1-2H3,(H,17,19). The molecule has 0 unspecified atom stereocenters. The Morgan fingerprint density at radius 2 is 1.96 bits per heavy atom. The number of hydrogen-bond donors (Lipinski definition) is 1. The molecule has 0 fully saturated rings. The van der Waals surface area contributed by atoms with Crippen molar-refractivity contribution in [1.29, 1.82) is 0 Å². The second kappa shape index (κ2) is 5.82.